The summed E-state index contributed by atoms with van der Waals surface area (Å²) < 4.78 is 5.77. The summed E-state index contributed by atoms with van der Waals surface area (Å²) in [6.45, 7) is 4.93. The molecule has 2 heteroatoms. The Morgan fingerprint density at radius 3 is 2.76 bits per heavy atom. The van der Waals surface area contributed by atoms with E-state index in [0.717, 1.165) is 42.8 Å². The van der Waals surface area contributed by atoms with Crippen LogP contribution in [0.5, 0.6) is 0 Å². The highest BCUT2D eigenvalue weighted by Crippen LogP contribution is 2.66. The van der Waals surface area contributed by atoms with E-state index in [4.69, 9.17) is 4.42 Å². The van der Waals surface area contributed by atoms with Crippen molar-refractivity contribution in [2.24, 2.45) is 28.6 Å². The lowest BCUT2D eigenvalue weighted by molar-refractivity contribution is -0.122. The number of rotatable bonds is 1. The molecule has 132 valence electrons. The van der Waals surface area contributed by atoms with Crippen LogP contribution in [0, 0.1) is 28.6 Å². The second-order valence-electron chi connectivity index (χ2n) is 9.26. The number of allylic oxidation sites excluding steroid dienone is 4. The molecule has 5 rings (SSSR count). The second-order valence-corrected chi connectivity index (χ2v) is 9.26. The highest BCUT2D eigenvalue weighted by Gasteiger charge is 2.57. The summed E-state index contributed by atoms with van der Waals surface area (Å²) in [5.41, 5.74) is 3.43. The Morgan fingerprint density at radius 1 is 1.08 bits per heavy atom. The summed E-state index contributed by atoms with van der Waals surface area (Å²) in [7, 11) is 0. The SMILES string of the molecule is C[C@]12CCC(=O)CC1=CC[C@@H]1[C@@H]2CC[C@]2(C)C(c3ccco3)=CC[C@@H]12. The fourth-order valence-electron chi connectivity index (χ4n) is 6.86. The van der Waals surface area contributed by atoms with Gasteiger partial charge in [0.25, 0.3) is 0 Å². The maximum Gasteiger partial charge on any atom is 0.136 e. The van der Waals surface area contributed by atoms with E-state index in [1.54, 1.807) is 6.26 Å². The van der Waals surface area contributed by atoms with Gasteiger partial charge in [-0.1, -0.05) is 31.6 Å². The van der Waals surface area contributed by atoms with Gasteiger partial charge in [0.1, 0.15) is 11.5 Å². The zero-order valence-electron chi connectivity index (χ0n) is 15.4. The summed E-state index contributed by atoms with van der Waals surface area (Å²) in [5, 5.41) is 0. The molecule has 2 saturated carbocycles. The van der Waals surface area contributed by atoms with Crippen LogP contribution in [0.4, 0.5) is 0 Å². The van der Waals surface area contributed by atoms with E-state index in [9.17, 15) is 4.79 Å². The van der Waals surface area contributed by atoms with Gasteiger partial charge in [0, 0.05) is 12.8 Å². The number of carbonyl (C=O) groups excluding carboxylic acids is 1. The quantitative estimate of drug-likeness (QED) is 0.606. The van der Waals surface area contributed by atoms with Crippen molar-refractivity contribution in [3.8, 4) is 0 Å². The van der Waals surface area contributed by atoms with E-state index in [0.29, 0.717) is 5.78 Å². The first-order chi connectivity index (χ1) is 12.0. The third-order valence-corrected chi connectivity index (χ3v) is 8.30. The Bertz CT molecular complexity index is 768. The number of furan rings is 1. The molecule has 0 spiro atoms. The molecule has 1 heterocycles. The zero-order valence-corrected chi connectivity index (χ0v) is 15.4. The van der Waals surface area contributed by atoms with Gasteiger partial charge >= 0.3 is 0 Å². The molecule has 4 aliphatic rings. The van der Waals surface area contributed by atoms with Gasteiger partial charge in [0.15, 0.2) is 0 Å². The molecule has 0 N–H and O–H groups in total. The first kappa shape index (κ1) is 15.7. The standard InChI is InChI=1S/C23H28O2/c1-22-11-9-16(24)14-15(22)5-6-17-18-7-8-20(21-4-3-13-25-21)23(18,2)12-10-19(17)22/h3-5,8,13,17-19H,6-7,9-12,14H2,1-2H3/t17-,18-,19-,22-,23-/m0/s1. The van der Waals surface area contributed by atoms with E-state index in [2.05, 4.69) is 32.1 Å². The van der Waals surface area contributed by atoms with Crippen LogP contribution in [0.3, 0.4) is 0 Å². The molecule has 1 aromatic rings. The molecule has 25 heavy (non-hydrogen) atoms. The fourth-order valence-corrected chi connectivity index (χ4v) is 6.86. The molecule has 5 atom stereocenters. The molecule has 0 aromatic carbocycles. The highest BCUT2D eigenvalue weighted by atomic mass is 16.3. The maximum absolute atomic E-state index is 12.0. The lowest BCUT2D eigenvalue weighted by atomic mass is 9.47. The fraction of sp³-hybridized carbons (Fsp3) is 0.609. The van der Waals surface area contributed by atoms with Gasteiger partial charge in [-0.2, -0.15) is 0 Å². The molecule has 0 amide bonds. The number of Topliss-reactive ketones (excluding diaryl/α,β-unsaturated/α-hetero) is 1. The number of hydrogen-bond donors (Lipinski definition) is 0. The molecule has 0 bridgehead atoms. The average Bonchev–Trinajstić information content (AvgIpc) is 3.22. The van der Waals surface area contributed by atoms with Crippen molar-refractivity contribution in [2.75, 3.05) is 0 Å². The van der Waals surface area contributed by atoms with E-state index in [1.807, 2.05) is 6.07 Å². The number of hydrogen-bond acceptors (Lipinski definition) is 2. The number of carbonyl (C=O) groups is 1. The summed E-state index contributed by atoms with van der Waals surface area (Å²) in [6, 6.07) is 4.13. The van der Waals surface area contributed by atoms with Crippen LogP contribution in [0.15, 0.2) is 40.5 Å². The van der Waals surface area contributed by atoms with Gasteiger partial charge in [0.05, 0.1) is 6.26 Å². The van der Waals surface area contributed by atoms with Gasteiger partial charge in [0.2, 0.25) is 0 Å². The van der Waals surface area contributed by atoms with Crippen molar-refractivity contribution in [1.29, 1.82) is 0 Å². The van der Waals surface area contributed by atoms with Crippen molar-refractivity contribution in [2.45, 2.75) is 58.8 Å². The Morgan fingerprint density at radius 2 is 1.96 bits per heavy atom. The Balaban J connectivity index is 1.49. The summed E-state index contributed by atoms with van der Waals surface area (Å²) in [6.07, 6.45) is 14.2. The van der Waals surface area contributed by atoms with E-state index >= 15 is 0 Å². The molecule has 0 saturated heterocycles. The van der Waals surface area contributed by atoms with Crippen LogP contribution in [0.1, 0.15) is 64.6 Å². The van der Waals surface area contributed by atoms with Crippen LogP contribution < -0.4 is 0 Å². The van der Waals surface area contributed by atoms with Crippen LogP contribution >= 0.6 is 0 Å². The number of ketones is 1. The molecule has 0 radical (unpaired) electrons. The van der Waals surface area contributed by atoms with E-state index in [-0.39, 0.29) is 10.8 Å². The lowest BCUT2D eigenvalue weighted by Crippen LogP contribution is -2.49. The van der Waals surface area contributed by atoms with Gasteiger partial charge < -0.3 is 4.42 Å². The van der Waals surface area contributed by atoms with Crippen LogP contribution in [0.25, 0.3) is 5.57 Å². The monoisotopic (exact) mass is 336 g/mol. The smallest absolute Gasteiger partial charge is 0.136 e. The average molecular weight is 336 g/mol. The Hall–Kier alpha value is -1.57. The predicted octanol–water partition coefficient (Wildman–Crippen LogP) is 5.80. The summed E-state index contributed by atoms with van der Waals surface area (Å²) >= 11 is 0. The minimum absolute atomic E-state index is 0.255. The minimum Gasteiger partial charge on any atom is -0.465 e. The van der Waals surface area contributed by atoms with Crippen molar-refractivity contribution in [3.05, 3.63) is 41.9 Å². The van der Waals surface area contributed by atoms with Gasteiger partial charge in [-0.3, -0.25) is 4.79 Å². The summed E-state index contributed by atoms with van der Waals surface area (Å²) in [5.74, 6) is 3.75. The molecule has 0 unspecified atom stereocenters. The summed E-state index contributed by atoms with van der Waals surface area (Å²) in [4.78, 5) is 12.0. The Labute approximate surface area is 150 Å². The molecule has 0 aliphatic heterocycles. The maximum atomic E-state index is 12.0. The number of fused-ring (bicyclic) bond motifs is 5. The molecule has 2 fully saturated rings. The highest BCUT2D eigenvalue weighted by molar-refractivity contribution is 5.82. The second kappa shape index (κ2) is 5.22. The van der Waals surface area contributed by atoms with Gasteiger partial charge in [-0.05, 0) is 78.4 Å². The molecular formula is C23H28O2. The van der Waals surface area contributed by atoms with Gasteiger partial charge in [-0.25, -0.2) is 0 Å². The van der Waals surface area contributed by atoms with E-state index in [1.165, 1.54) is 36.8 Å². The topological polar surface area (TPSA) is 30.2 Å². The predicted molar refractivity (Wildman–Crippen MR) is 98.8 cm³/mol. The lowest BCUT2D eigenvalue weighted by Gasteiger charge is -2.57. The Kier molecular flexibility index (Phi) is 3.27. The largest absolute Gasteiger partial charge is 0.465 e. The molecule has 4 aliphatic carbocycles. The molecule has 1 aromatic heterocycles. The third kappa shape index (κ3) is 2.06. The normalized spacial score (nSPS) is 43.0. The van der Waals surface area contributed by atoms with Crippen LogP contribution in [-0.2, 0) is 4.79 Å². The van der Waals surface area contributed by atoms with Crippen LogP contribution in [0.2, 0.25) is 0 Å². The van der Waals surface area contributed by atoms with Crippen LogP contribution in [-0.4, -0.2) is 5.78 Å². The van der Waals surface area contributed by atoms with E-state index < -0.39 is 0 Å². The minimum atomic E-state index is 0.255. The first-order valence-electron chi connectivity index (χ1n) is 9.98. The third-order valence-electron chi connectivity index (χ3n) is 8.30. The van der Waals surface area contributed by atoms with Crippen molar-refractivity contribution < 1.29 is 9.21 Å². The van der Waals surface area contributed by atoms with Gasteiger partial charge in [-0.15, -0.1) is 0 Å². The van der Waals surface area contributed by atoms with Crippen molar-refractivity contribution in [1.82, 2.24) is 0 Å². The van der Waals surface area contributed by atoms with Crippen molar-refractivity contribution >= 4 is 11.4 Å². The first-order valence-corrected chi connectivity index (χ1v) is 9.98. The molecule has 2 nitrogen and oxygen atoms in total. The van der Waals surface area contributed by atoms with Crippen molar-refractivity contribution in [3.63, 3.8) is 0 Å². The molecular weight excluding hydrogens is 308 g/mol. The zero-order chi connectivity index (χ0) is 17.2.